The van der Waals surface area contributed by atoms with E-state index in [0.717, 1.165) is 35.0 Å². The number of aromatic nitrogens is 2. The second-order valence-electron chi connectivity index (χ2n) is 6.42. The number of halogens is 1. The fourth-order valence-electron chi connectivity index (χ4n) is 2.72. The number of nitrogens with zero attached hydrogens (tertiary/aromatic N) is 2. The number of carbonyl (C=O) groups excluding carboxylic acids is 1. The van der Waals surface area contributed by atoms with Gasteiger partial charge in [0.05, 0.1) is 5.75 Å². The summed E-state index contributed by atoms with van der Waals surface area (Å²) >= 11 is 1.16. The van der Waals surface area contributed by atoms with Crippen LogP contribution in [-0.2, 0) is 11.2 Å². The highest BCUT2D eigenvalue weighted by Crippen LogP contribution is 2.25. The van der Waals surface area contributed by atoms with Crippen LogP contribution in [-0.4, -0.2) is 21.9 Å². The molecule has 3 rings (SSSR count). The first-order valence-electron chi connectivity index (χ1n) is 9.23. The molecule has 0 fully saturated rings. The Labute approximate surface area is 172 Å². The van der Waals surface area contributed by atoms with Crippen LogP contribution in [0.2, 0.25) is 0 Å². The van der Waals surface area contributed by atoms with Gasteiger partial charge in [-0.15, -0.1) is 10.2 Å². The molecule has 6 nitrogen and oxygen atoms in total. The molecule has 0 bridgehead atoms. The van der Waals surface area contributed by atoms with Crippen molar-refractivity contribution in [1.29, 1.82) is 0 Å². The third kappa shape index (κ3) is 5.57. The maximum absolute atomic E-state index is 13.0. The Hall–Kier alpha value is -2.87. The van der Waals surface area contributed by atoms with Gasteiger partial charge in [0.25, 0.3) is 11.1 Å². The maximum Gasteiger partial charge on any atom is 0.277 e. The first-order valence-corrected chi connectivity index (χ1v) is 10.2. The molecule has 1 aromatic heterocycles. The lowest BCUT2D eigenvalue weighted by molar-refractivity contribution is -0.113. The Morgan fingerprint density at radius 1 is 1.24 bits per heavy atom. The van der Waals surface area contributed by atoms with Crippen molar-refractivity contribution < 1.29 is 18.3 Å². The van der Waals surface area contributed by atoms with Crippen molar-refractivity contribution in [1.82, 2.24) is 10.2 Å². The lowest BCUT2D eigenvalue weighted by Gasteiger charge is -2.12. The standard InChI is InChI=1S/C21H22FN3O3S/c1-4-15-7-5-6-13(2)19(15)23-18(26)12-29-21-25-24-20(28-21)14(3)27-17-10-8-16(22)9-11-17/h5-11,14H,4,12H2,1-3H3,(H,23,26)/t14-/m0/s1. The molecule has 2 aromatic carbocycles. The van der Waals surface area contributed by atoms with Crippen molar-refractivity contribution in [3.8, 4) is 5.75 Å². The molecule has 8 heteroatoms. The van der Waals surface area contributed by atoms with Crippen molar-refractivity contribution in [3.05, 3.63) is 65.3 Å². The molecule has 0 saturated carbocycles. The van der Waals surface area contributed by atoms with Gasteiger partial charge < -0.3 is 14.5 Å². The molecule has 0 aliphatic heterocycles. The predicted molar refractivity (Wildman–Crippen MR) is 110 cm³/mol. The van der Waals surface area contributed by atoms with Crippen LogP contribution in [0.5, 0.6) is 5.75 Å². The zero-order valence-corrected chi connectivity index (χ0v) is 17.3. The van der Waals surface area contributed by atoms with Gasteiger partial charge in [-0.3, -0.25) is 4.79 Å². The van der Waals surface area contributed by atoms with Crippen LogP contribution in [0.3, 0.4) is 0 Å². The first-order chi connectivity index (χ1) is 14.0. The number of amides is 1. The van der Waals surface area contributed by atoms with Crippen molar-refractivity contribution in [3.63, 3.8) is 0 Å². The first kappa shape index (κ1) is 20.9. The van der Waals surface area contributed by atoms with Crippen LogP contribution in [0.15, 0.2) is 52.1 Å². The monoisotopic (exact) mass is 415 g/mol. The quantitative estimate of drug-likeness (QED) is 0.525. The van der Waals surface area contributed by atoms with Gasteiger partial charge in [-0.2, -0.15) is 0 Å². The van der Waals surface area contributed by atoms with Gasteiger partial charge in [-0.05, 0) is 55.7 Å². The van der Waals surface area contributed by atoms with E-state index in [-0.39, 0.29) is 28.6 Å². The molecule has 0 aliphatic carbocycles. The van der Waals surface area contributed by atoms with Crippen molar-refractivity contribution in [2.24, 2.45) is 0 Å². The van der Waals surface area contributed by atoms with Gasteiger partial charge in [-0.1, -0.05) is 36.9 Å². The summed E-state index contributed by atoms with van der Waals surface area (Å²) in [4.78, 5) is 12.3. The Morgan fingerprint density at radius 2 is 2.00 bits per heavy atom. The highest BCUT2D eigenvalue weighted by molar-refractivity contribution is 7.99. The van der Waals surface area contributed by atoms with Crippen LogP contribution < -0.4 is 10.1 Å². The van der Waals surface area contributed by atoms with E-state index in [4.69, 9.17) is 9.15 Å². The van der Waals surface area contributed by atoms with E-state index < -0.39 is 6.10 Å². The van der Waals surface area contributed by atoms with Gasteiger partial charge in [0, 0.05) is 5.69 Å². The van der Waals surface area contributed by atoms with Crippen LogP contribution >= 0.6 is 11.8 Å². The predicted octanol–water partition coefficient (Wildman–Crippen LogP) is 4.95. The van der Waals surface area contributed by atoms with Crippen molar-refractivity contribution >= 4 is 23.4 Å². The second kappa shape index (κ2) is 9.56. The lowest BCUT2D eigenvalue weighted by Crippen LogP contribution is -2.16. The minimum Gasteiger partial charge on any atom is -0.481 e. The summed E-state index contributed by atoms with van der Waals surface area (Å²) in [5, 5.41) is 11.2. The van der Waals surface area contributed by atoms with Crippen LogP contribution in [0.4, 0.5) is 10.1 Å². The van der Waals surface area contributed by atoms with E-state index in [1.807, 2.05) is 32.0 Å². The number of nitrogens with one attached hydrogen (secondary N) is 1. The second-order valence-corrected chi connectivity index (χ2v) is 7.35. The van der Waals surface area contributed by atoms with Crippen LogP contribution in [0.25, 0.3) is 0 Å². The average Bonchev–Trinajstić information content (AvgIpc) is 3.19. The zero-order chi connectivity index (χ0) is 20.8. The third-order valence-corrected chi connectivity index (χ3v) is 5.05. The van der Waals surface area contributed by atoms with E-state index in [0.29, 0.717) is 5.75 Å². The molecular weight excluding hydrogens is 393 g/mol. The van der Waals surface area contributed by atoms with Gasteiger partial charge >= 0.3 is 0 Å². The summed E-state index contributed by atoms with van der Waals surface area (Å²) in [7, 11) is 0. The Balaban J connectivity index is 1.55. The van der Waals surface area contributed by atoms with E-state index in [1.54, 1.807) is 6.92 Å². The van der Waals surface area contributed by atoms with Gasteiger partial charge in [0.1, 0.15) is 11.6 Å². The van der Waals surface area contributed by atoms with E-state index in [2.05, 4.69) is 15.5 Å². The van der Waals surface area contributed by atoms with Gasteiger partial charge in [-0.25, -0.2) is 4.39 Å². The minimum absolute atomic E-state index is 0.144. The number of ether oxygens (including phenoxy) is 1. The van der Waals surface area contributed by atoms with Gasteiger partial charge in [0.15, 0.2) is 6.10 Å². The number of aryl methyl sites for hydroxylation is 2. The maximum atomic E-state index is 13.0. The number of benzene rings is 2. The third-order valence-electron chi connectivity index (χ3n) is 4.23. The molecule has 1 atom stereocenters. The Bertz CT molecular complexity index is 976. The summed E-state index contributed by atoms with van der Waals surface area (Å²) in [5.74, 6) is 0.442. The van der Waals surface area contributed by atoms with E-state index in [9.17, 15) is 9.18 Å². The summed E-state index contributed by atoms with van der Waals surface area (Å²) < 4.78 is 24.2. The molecule has 29 heavy (non-hydrogen) atoms. The fourth-order valence-corrected chi connectivity index (χ4v) is 3.29. The average molecular weight is 415 g/mol. The lowest BCUT2D eigenvalue weighted by atomic mass is 10.1. The molecule has 0 spiro atoms. The van der Waals surface area contributed by atoms with E-state index >= 15 is 0 Å². The van der Waals surface area contributed by atoms with Crippen molar-refractivity contribution in [2.75, 3.05) is 11.1 Å². The highest BCUT2D eigenvalue weighted by atomic mass is 32.2. The normalized spacial score (nSPS) is 11.9. The largest absolute Gasteiger partial charge is 0.481 e. The van der Waals surface area contributed by atoms with Crippen molar-refractivity contribution in [2.45, 2.75) is 38.5 Å². The molecule has 3 aromatic rings. The Morgan fingerprint density at radius 3 is 2.72 bits per heavy atom. The van der Waals surface area contributed by atoms with Gasteiger partial charge in [0.2, 0.25) is 5.91 Å². The SMILES string of the molecule is CCc1cccc(C)c1NC(=O)CSc1nnc([C@H](C)Oc2ccc(F)cc2)o1. The number of hydrogen-bond donors (Lipinski definition) is 1. The van der Waals surface area contributed by atoms with E-state index in [1.165, 1.54) is 24.3 Å². The molecule has 0 radical (unpaired) electrons. The Kier molecular flexibility index (Phi) is 6.87. The molecule has 0 saturated heterocycles. The zero-order valence-electron chi connectivity index (χ0n) is 16.4. The fraction of sp³-hybridized carbons (Fsp3) is 0.286. The smallest absolute Gasteiger partial charge is 0.277 e. The summed E-state index contributed by atoms with van der Waals surface area (Å²) in [5.41, 5.74) is 2.97. The summed E-state index contributed by atoms with van der Waals surface area (Å²) in [6.07, 6.45) is 0.332. The minimum atomic E-state index is -0.504. The molecule has 1 N–H and O–H groups in total. The number of para-hydroxylation sites is 1. The number of thioether (sulfide) groups is 1. The van der Waals surface area contributed by atoms with Crippen LogP contribution in [0.1, 0.15) is 37.0 Å². The number of rotatable bonds is 8. The summed E-state index contributed by atoms with van der Waals surface area (Å²) in [6, 6.07) is 11.6. The molecule has 1 heterocycles. The number of anilines is 1. The highest BCUT2D eigenvalue weighted by Gasteiger charge is 2.17. The van der Waals surface area contributed by atoms with Crippen LogP contribution in [0, 0.1) is 12.7 Å². The topological polar surface area (TPSA) is 77.2 Å². The molecule has 152 valence electrons. The summed E-state index contributed by atoms with van der Waals surface area (Å²) in [6.45, 7) is 5.77. The number of hydrogen-bond acceptors (Lipinski definition) is 6. The molecule has 0 aliphatic rings. The molecule has 1 amide bonds. The molecular formula is C21H22FN3O3S. The number of carbonyl (C=O) groups is 1. The molecule has 0 unspecified atom stereocenters.